The fraction of sp³-hybridized carbons (Fsp3) is 0.300. The van der Waals surface area contributed by atoms with Gasteiger partial charge in [-0.2, -0.15) is 0 Å². The molecule has 3 aliphatic rings. The summed E-state index contributed by atoms with van der Waals surface area (Å²) in [6.45, 7) is 0. The highest BCUT2D eigenvalue weighted by atomic mass is 32.2. The molecular formula is C20H18N2O2S2. The van der Waals surface area contributed by atoms with Gasteiger partial charge in [-0.3, -0.25) is 9.59 Å². The highest BCUT2D eigenvalue weighted by Crippen LogP contribution is 2.68. The second-order valence-electron chi connectivity index (χ2n) is 6.82. The molecule has 0 aliphatic carbocycles. The molecule has 0 N–H and O–H groups in total. The van der Waals surface area contributed by atoms with E-state index in [1.807, 2.05) is 62.6 Å². The number of benzene rings is 2. The van der Waals surface area contributed by atoms with Crippen molar-refractivity contribution in [1.29, 1.82) is 0 Å². The first-order chi connectivity index (χ1) is 12.6. The molecule has 1 fully saturated rings. The zero-order valence-electron chi connectivity index (χ0n) is 14.6. The predicted octanol–water partition coefficient (Wildman–Crippen LogP) is 3.21. The third kappa shape index (κ3) is 1.61. The summed E-state index contributed by atoms with van der Waals surface area (Å²) in [5.41, 5.74) is 3.74. The number of amides is 2. The van der Waals surface area contributed by atoms with Gasteiger partial charge in [0.15, 0.2) is 0 Å². The van der Waals surface area contributed by atoms with Gasteiger partial charge in [0.25, 0.3) is 0 Å². The van der Waals surface area contributed by atoms with Crippen molar-refractivity contribution in [3.8, 4) is 0 Å². The van der Waals surface area contributed by atoms with Crippen LogP contribution in [0.2, 0.25) is 0 Å². The molecule has 0 radical (unpaired) electrons. The fourth-order valence-electron chi connectivity index (χ4n) is 4.60. The van der Waals surface area contributed by atoms with E-state index in [4.69, 9.17) is 0 Å². The van der Waals surface area contributed by atoms with Gasteiger partial charge in [0.2, 0.25) is 11.8 Å². The monoisotopic (exact) mass is 382 g/mol. The van der Waals surface area contributed by atoms with Crippen LogP contribution in [0.5, 0.6) is 0 Å². The second-order valence-corrected chi connectivity index (χ2v) is 9.44. The Morgan fingerprint density at radius 2 is 1.12 bits per heavy atom. The van der Waals surface area contributed by atoms with E-state index in [2.05, 4.69) is 0 Å². The maximum Gasteiger partial charge on any atom is 0.249 e. The van der Waals surface area contributed by atoms with Crippen LogP contribution in [0.4, 0.5) is 11.4 Å². The first-order valence-electron chi connectivity index (χ1n) is 8.59. The number of thioether (sulfide) groups is 2. The van der Waals surface area contributed by atoms with Gasteiger partial charge < -0.3 is 9.80 Å². The largest absolute Gasteiger partial charge is 0.314 e. The van der Waals surface area contributed by atoms with Crippen LogP contribution in [0.1, 0.15) is 11.1 Å². The van der Waals surface area contributed by atoms with E-state index in [0.29, 0.717) is 0 Å². The maximum atomic E-state index is 13.7. The number of fused-ring (bicyclic) bond motifs is 5. The first kappa shape index (κ1) is 16.3. The highest BCUT2D eigenvalue weighted by Gasteiger charge is 2.72. The normalized spacial score (nSPS) is 29.6. The van der Waals surface area contributed by atoms with Gasteiger partial charge in [-0.1, -0.05) is 36.4 Å². The summed E-state index contributed by atoms with van der Waals surface area (Å²) in [7, 11) is 3.64. The number of carbonyl (C=O) groups excluding carboxylic acids is 2. The topological polar surface area (TPSA) is 40.6 Å². The predicted molar refractivity (Wildman–Crippen MR) is 108 cm³/mol. The van der Waals surface area contributed by atoms with Gasteiger partial charge in [-0.15, -0.1) is 23.5 Å². The molecule has 2 aromatic carbocycles. The summed E-state index contributed by atoms with van der Waals surface area (Å²) in [6.07, 6.45) is 0. The van der Waals surface area contributed by atoms with Gasteiger partial charge in [-0.05, 0) is 12.1 Å². The molecule has 0 saturated carbocycles. The average Bonchev–Trinajstić information content (AvgIpc) is 3.03. The summed E-state index contributed by atoms with van der Waals surface area (Å²) in [5.74, 6) is 1.71. The number of nitrogens with zero attached hydrogens (tertiary/aromatic N) is 2. The summed E-state index contributed by atoms with van der Waals surface area (Å²) in [5, 5.41) is 0. The summed E-state index contributed by atoms with van der Waals surface area (Å²) >= 11 is 3.27. The molecule has 3 aliphatic heterocycles. The second kappa shape index (κ2) is 5.30. The third-order valence-corrected chi connectivity index (χ3v) is 9.19. The SMILES string of the molecule is CN1C(=O)[C@]2(SCCS[C@]23C(=O)N(C)c2ccccc23)c2ccccc21. The van der Waals surface area contributed by atoms with E-state index in [9.17, 15) is 9.59 Å². The standard InChI is InChI=1S/C20H18N2O2S2/c1-21-15-9-5-3-7-13(15)19(17(21)23)20(26-12-11-25-19)14-8-4-6-10-16(14)22(2)18(20)24/h3-10H,11-12H2,1-2H3/t19-,20-/m1/s1. The number of hydrogen-bond donors (Lipinski definition) is 0. The van der Waals surface area contributed by atoms with Crippen LogP contribution in [-0.2, 0) is 19.1 Å². The van der Waals surface area contributed by atoms with E-state index < -0.39 is 9.49 Å². The smallest absolute Gasteiger partial charge is 0.249 e. The van der Waals surface area contributed by atoms with Crippen molar-refractivity contribution in [2.24, 2.45) is 0 Å². The minimum absolute atomic E-state index is 0.00866. The zero-order chi connectivity index (χ0) is 18.1. The molecular weight excluding hydrogens is 364 g/mol. The van der Waals surface area contributed by atoms with Crippen molar-refractivity contribution in [2.75, 3.05) is 35.4 Å². The lowest BCUT2D eigenvalue weighted by Gasteiger charge is -2.46. The lowest BCUT2D eigenvalue weighted by atomic mass is 9.80. The number of para-hydroxylation sites is 2. The lowest BCUT2D eigenvalue weighted by Crippen LogP contribution is -2.57. The molecule has 4 nitrogen and oxygen atoms in total. The average molecular weight is 383 g/mol. The van der Waals surface area contributed by atoms with E-state index in [-0.39, 0.29) is 11.8 Å². The summed E-state index contributed by atoms with van der Waals surface area (Å²) in [6, 6.07) is 15.8. The first-order valence-corrected chi connectivity index (χ1v) is 10.6. The van der Waals surface area contributed by atoms with Crippen LogP contribution in [0.3, 0.4) is 0 Å². The number of carbonyl (C=O) groups is 2. The molecule has 0 aromatic heterocycles. The molecule has 0 unspecified atom stereocenters. The van der Waals surface area contributed by atoms with Crippen LogP contribution < -0.4 is 9.80 Å². The Kier molecular flexibility index (Phi) is 3.32. The zero-order valence-corrected chi connectivity index (χ0v) is 16.2. The molecule has 5 rings (SSSR count). The molecule has 1 saturated heterocycles. The molecule has 2 atom stereocenters. The summed E-state index contributed by atoms with van der Waals surface area (Å²) < 4.78 is -1.83. The quantitative estimate of drug-likeness (QED) is 0.702. The Morgan fingerprint density at radius 3 is 1.54 bits per heavy atom. The van der Waals surface area contributed by atoms with Crippen LogP contribution in [0.25, 0.3) is 0 Å². The maximum absolute atomic E-state index is 13.7. The van der Waals surface area contributed by atoms with Crippen molar-refractivity contribution in [2.45, 2.75) is 9.49 Å². The van der Waals surface area contributed by atoms with Crippen molar-refractivity contribution >= 4 is 46.7 Å². The molecule has 2 aromatic rings. The van der Waals surface area contributed by atoms with Crippen molar-refractivity contribution in [3.63, 3.8) is 0 Å². The van der Waals surface area contributed by atoms with Gasteiger partial charge in [-0.25, -0.2) is 0 Å². The molecule has 3 heterocycles. The van der Waals surface area contributed by atoms with Gasteiger partial charge in [0.1, 0.15) is 9.49 Å². The number of anilines is 2. The van der Waals surface area contributed by atoms with Crippen LogP contribution >= 0.6 is 23.5 Å². The van der Waals surface area contributed by atoms with Gasteiger partial charge >= 0.3 is 0 Å². The van der Waals surface area contributed by atoms with Crippen LogP contribution in [-0.4, -0.2) is 37.4 Å². The minimum Gasteiger partial charge on any atom is -0.314 e. The van der Waals surface area contributed by atoms with E-state index in [1.54, 1.807) is 33.3 Å². The molecule has 0 bridgehead atoms. The molecule has 2 amide bonds. The highest BCUT2D eigenvalue weighted by molar-refractivity contribution is 8.08. The fourth-order valence-corrected chi connectivity index (χ4v) is 8.21. The van der Waals surface area contributed by atoms with Gasteiger partial charge in [0, 0.05) is 48.1 Å². The molecule has 132 valence electrons. The Hall–Kier alpha value is -1.92. The lowest BCUT2D eigenvalue weighted by molar-refractivity contribution is -0.127. The van der Waals surface area contributed by atoms with E-state index in [1.165, 1.54) is 0 Å². The molecule has 2 spiro atoms. The van der Waals surface area contributed by atoms with Crippen molar-refractivity contribution in [1.82, 2.24) is 0 Å². The van der Waals surface area contributed by atoms with E-state index in [0.717, 1.165) is 34.0 Å². The Labute approximate surface area is 160 Å². The molecule has 6 heteroatoms. The summed E-state index contributed by atoms with van der Waals surface area (Å²) in [4.78, 5) is 30.8. The molecule has 26 heavy (non-hydrogen) atoms. The third-order valence-electron chi connectivity index (χ3n) is 5.72. The number of likely N-dealkylation sites (N-methyl/N-ethyl adjacent to an activating group) is 2. The number of hydrogen-bond acceptors (Lipinski definition) is 4. The minimum atomic E-state index is -0.917. The number of rotatable bonds is 0. The van der Waals surface area contributed by atoms with Crippen molar-refractivity contribution in [3.05, 3.63) is 59.7 Å². The van der Waals surface area contributed by atoms with E-state index >= 15 is 0 Å². The van der Waals surface area contributed by atoms with Gasteiger partial charge in [0.05, 0.1) is 0 Å². The van der Waals surface area contributed by atoms with Crippen molar-refractivity contribution < 1.29 is 9.59 Å². The Balaban J connectivity index is 1.88. The Morgan fingerprint density at radius 1 is 0.731 bits per heavy atom. The Bertz CT molecular complexity index is 885. The van der Waals surface area contributed by atoms with Crippen LogP contribution in [0, 0.1) is 0 Å². The van der Waals surface area contributed by atoms with Crippen LogP contribution in [0.15, 0.2) is 48.5 Å².